The number of carbonyl (C=O) groups excluding carboxylic acids is 1. The summed E-state index contributed by atoms with van der Waals surface area (Å²) in [6.45, 7) is 3.98. The van der Waals surface area contributed by atoms with Crippen LogP contribution in [-0.4, -0.2) is 48.0 Å². The molecule has 19 heavy (non-hydrogen) atoms. The van der Waals surface area contributed by atoms with Crippen LogP contribution in [-0.2, 0) is 14.8 Å². The Labute approximate surface area is 112 Å². The maximum atomic E-state index is 12.4. The van der Waals surface area contributed by atoms with Crippen LogP contribution in [0.5, 0.6) is 0 Å². The lowest BCUT2D eigenvalue weighted by molar-refractivity contribution is -0.119. The van der Waals surface area contributed by atoms with Gasteiger partial charge in [0.05, 0.1) is 11.9 Å². The van der Waals surface area contributed by atoms with Crippen molar-refractivity contribution in [3.8, 4) is 0 Å². The maximum Gasteiger partial charge on any atom is 0.246 e. The maximum absolute atomic E-state index is 12.4. The topological polar surface area (TPSA) is 95.2 Å². The van der Waals surface area contributed by atoms with E-state index in [9.17, 15) is 13.2 Å². The van der Waals surface area contributed by atoms with Gasteiger partial charge in [0, 0.05) is 26.1 Å². The monoisotopic (exact) mass is 286 g/mol. The summed E-state index contributed by atoms with van der Waals surface area (Å²) in [5.41, 5.74) is 0.545. The fourth-order valence-corrected chi connectivity index (χ4v) is 3.85. The molecule has 2 rings (SSSR count). The number of nitrogens with zero attached hydrogens (tertiary/aromatic N) is 2. The lowest BCUT2D eigenvalue weighted by atomic mass is 10.1. The molecule has 1 aliphatic rings. The van der Waals surface area contributed by atoms with Crippen molar-refractivity contribution in [3.63, 3.8) is 0 Å². The number of hydrogen-bond acceptors (Lipinski definition) is 4. The molecule has 0 radical (unpaired) electrons. The zero-order chi connectivity index (χ0) is 14.0. The Morgan fingerprint density at radius 1 is 1.47 bits per heavy atom. The number of nitrogens with one attached hydrogen (secondary N) is 2. The van der Waals surface area contributed by atoms with E-state index in [1.165, 1.54) is 17.4 Å². The second kappa shape index (κ2) is 5.30. The second-order valence-corrected chi connectivity index (χ2v) is 6.64. The van der Waals surface area contributed by atoms with E-state index in [1.807, 2.05) is 0 Å². The van der Waals surface area contributed by atoms with Crippen molar-refractivity contribution in [1.82, 2.24) is 19.8 Å². The van der Waals surface area contributed by atoms with Crippen LogP contribution < -0.4 is 5.32 Å². The van der Waals surface area contributed by atoms with Crippen molar-refractivity contribution < 1.29 is 13.2 Å². The molecule has 1 fully saturated rings. The normalized spacial score (nSPS) is 18.4. The predicted octanol–water partition coefficient (Wildman–Crippen LogP) is 0.00732. The summed E-state index contributed by atoms with van der Waals surface area (Å²) in [5, 5.41) is 9.21. The number of aromatic nitrogens is 2. The van der Waals surface area contributed by atoms with Crippen LogP contribution in [0.25, 0.3) is 0 Å². The van der Waals surface area contributed by atoms with E-state index in [1.54, 1.807) is 6.92 Å². The van der Waals surface area contributed by atoms with Gasteiger partial charge in [-0.05, 0) is 19.8 Å². The molecule has 1 saturated heterocycles. The quantitative estimate of drug-likeness (QED) is 0.818. The van der Waals surface area contributed by atoms with Crippen LogP contribution in [0, 0.1) is 6.92 Å². The molecular weight excluding hydrogens is 268 g/mol. The summed E-state index contributed by atoms with van der Waals surface area (Å²) in [6.07, 6.45) is 2.61. The molecule has 0 saturated carbocycles. The highest BCUT2D eigenvalue weighted by atomic mass is 32.2. The summed E-state index contributed by atoms with van der Waals surface area (Å²) in [7, 11) is -3.47. The van der Waals surface area contributed by atoms with Gasteiger partial charge in [0.25, 0.3) is 0 Å². The lowest BCUT2D eigenvalue weighted by Crippen LogP contribution is -2.46. The Morgan fingerprint density at radius 3 is 2.58 bits per heavy atom. The second-order valence-electron chi connectivity index (χ2n) is 4.74. The van der Waals surface area contributed by atoms with E-state index >= 15 is 0 Å². The number of amides is 1. The van der Waals surface area contributed by atoms with Crippen molar-refractivity contribution in [2.45, 2.75) is 37.6 Å². The first-order chi connectivity index (χ1) is 8.91. The summed E-state index contributed by atoms with van der Waals surface area (Å²) >= 11 is 0. The Kier molecular flexibility index (Phi) is 3.91. The zero-order valence-corrected chi connectivity index (χ0v) is 11.8. The summed E-state index contributed by atoms with van der Waals surface area (Å²) in [6, 6.07) is 0.0643. The number of rotatable bonds is 3. The minimum absolute atomic E-state index is 0.0643. The Balaban J connectivity index is 2.05. The molecule has 0 aliphatic carbocycles. The average molecular weight is 286 g/mol. The molecule has 1 amide bonds. The van der Waals surface area contributed by atoms with Crippen LogP contribution in [0.2, 0.25) is 0 Å². The van der Waals surface area contributed by atoms with Crippen LogP contribution in [0.1, 0.15) is 25.5 Å². The van der Waals surface area contributed by atoms with Crippen molar-refractivity contribution in [1.29, 1.82) is 0 Å². The Morgan fingerprint density at radius 2 is 2.11 bits per heavy atom. The minimum Gasteiger partial charge on any atom is -0.354 e. The molecule has 106 valence electrons. The number of H-pyrrole nitrogens is 1. The summed E-state index contributed by atoms with van der Waals surface area (Å²) < 4.78 is 26.2. The van der Waals surface area contributed by atoms with Gasteiger partial charge in [-0.15, -0.1) is 0 Å². The molecule has 8 heteroatoms. The van der Waals surface area contributed by atoms with Crippen molar-refractivity contribution in [2.24, 2.45) is 0 Å². The Bertz CT molecular complexity index is 558. The fourth-order valence-electron chi connectivity index (χ4n) is 2.27. The zero-order valence-electron chi connectivity index (χ0n) is 11.0. The molecule has 2 heterocycles. The van der Waals surface area contributed by atoms with Gasteiger partial charge in [-0.25, -0.2) is 8.42 Å². The van der Waals surface area contributed by atoms with Gasteiger partial charge < -0.3 is 5.32 Å². The van der Waals surface area contributed by atoms with Crippen molar-refractivity contribution >= 4 is 15.9 Å². The smallest absolute Gasteiger partial charge is 0.246 e. The van der Waals surface area contributed by atoms with Crippen molar-refractivity contribution in [2.75, 3.05) is 13.1 Å². The number of hydrogen-bond donors (Lipinski definition) is 2. The number of aromatic amines is 1. The molecular formula is C11H18N4O3S. The first kappa shape index (κ1) is 14.0. The van der Waals surface area contributed by atoms with Gasteiger partial charge in [0.15, 0.2) is 0 Å². The third-order valence-corrected chi connectivity index (χ3v) is 5.28. The van der Waals surface area contributed by atoms with Gasteiger partial charge in [-0.3, -0.25) is 9.89 Å². The van der Waals surface area contributed by atoms with Crippen molar-refractivity contribution in [3.05, 3.63) is 11.9 Å². The van der Waals surface area contributed by atoms with Gasteiger partial charge in [0.1, 0.15) is 4.90 Å². The highest BCUT2D eigenvalue weighted by Crippen LogP contribution is 2.21. The third kappa shape index (κ3) is 2.95. The number of sulfonamides is 1. The SMILES string of the molecule is CC(=O)NC1CCN(S(=O)(=O)c2cn[nH]c2C)CC1. The standard InChI is InChI=1S/C11H18N4O3S/c1-8-11(7-12-14-8)19(17,18)15-5-3-10(4-6-15)13-9(2)16/h7,10H,3-6H2,1-2H3,(H,12,14)(H,13,16). The van der Waals surface area contributed by atoms with Gasteiger partial charge in [0.2, 0.25) is 15.9 Å². The van der Waals surface area contributed by atoms with E-state index in [-0.39, 0.29) is 16.8 Å². The fraction of sp³-hybridized carbons (Fsp3) is 0.636. The third-order valence-electron chi connectivity index (χ3n) is 3.26. The van der Waals surface area contributed by atoms with Gasteiger partial charge in [-0.2, -0.15) is 9.40 Å². The molecule has 0 atom stereocenters. The van der Waals surface area contributed by atoms with E-state index in [2.05, 4.69) is 15.5 Å². The largest absolute Gasteiger partial charge is 0.354 e. The van der Waals surface area contributed by atoms with E-state index in [0.717, 1.165) is 0 Å². The van der Waals surface area contributed by atoms with E-state index in [4.69, 9.17) is 0 Å². The first-order valence-electron chi connectivity index (χ1n) is 6.18. The van der Waals surface area contributed by atoms with Crippen LogP contribution in [0.4, 0.5) is 0 Å². The van der Waals surface area contributed by atoms with Crippen LogP contribution in [0.15, 0.2) is 11.1 Å². The Hall–Kier alpha value is -1.41. The molecule has 0 aromatic carbocycles. The first-order valence-corrected chi connectivity index (χ1v) is 7.62. The molecule has 1 aromatic rings. The molecule has 0 unspecified atom stereocenters. The van der Waals surface area contributed by atoms with Gasteiger partial charge >= 0.3 is 0 Å². The summed E-state index contributed by atoms with van der Waals surface area (Å²) in [4.78, 5) is 11.2. The lowest BCUT2D eigenvalue weighted by Gasteiger charge is -2.31. The van der Waals surface area contributed by atoms with E-state index < -0.39 is 10.0 Å². The predicted molar refractivity (Wildman–Crippen MR) is 68.9 cm³/mol. The highest BCUT2D eigenvalue weighted by Gasteiger charge is 2.31. The molecule has 1 aromatic heterocycles. The van der Waals surface area contributed by atoms with E-state index in [0.29, 0.717) is 31.6 Å². The summed E-state index contributed by atoms with van der Waals surface area (Å²) in [5.74, 6) is -0.0769. The minimum atomic E-state index is -3.47. The molecule has 0 spiro atoms. The highest BCUT2D eigenvalue weighted by molar-refractivity contribution is 7.89. The molecule has 1 aliphatic heterocycles. The molecule has 0 bridgehead atoms. The number of piperidine rings is 1. The van der Waals surface area contributed by atoms with Crippen LogP contribution >= 0.6 is 0 Å². The van der Waals surface area contributed by atoms with Crippen LogP contribution in [0.3, 0.4) is 0 Å². The van der Waals surface area contributed by atoms with Gasteiger partial charge in [-0.1, -0.05) is 0 Å². The molecule has 7 nitrogen and oxygen atoms in total. The number of carbonyl (C=O) groups is 1. The molecule has 2 N–H and O–H groups in total. The average Bonchev–Trinajstić information content (AvgIpc) is 2.76. The number of aryl methyl sites for hydroxylation is 1.